The summed E-state index contributed by atoms with van der Waals surface area (Å²) in [5, 5.41) is 0.544. The lowest BCUT2D eigenvalue weighted by molar-refractivity contribution is -0.121. The normalized spacial score (nSPS) is 10.7. The van der Waals surface area contributed by atoms with Crippen molar-refractivity contribution in [2.45, 2.75) is 17.4 Å². The van der Waals surface area contributed by atoms with Crippen molar-refractivity contribution in [3.63, 3.8) is 0 Å². The van der Waals surface area contributed by atoms with E-state index in [2.05, 4.69) is 15.8 Å². The highest BCUT2D eigenvalue weighted by atomic mass is 32.2. The lowest BCUT2D eigenvalue weighted by Crippen LogP contribution is -2.42. The second-order valence-electron chi connectivity index (χ2n) is 6.56. The number of amides is 2. The molecule has 2 N–H and O–H groups in total. The Bertz CT molecular complexity index is 1140. The molecular formula is C23H19N3O3S. The molecule has 1 heterocycles. The predicted octanol–water partition coefficient (Wildman–Crippen LogP) is 4.12. The predicted molar refractivity (Wildman–Crippen MR) is 116 cm³/mol. The molecule has 1 aromatic heterocycles. The maximum Gasteiger partial charge on any atom is 0.269 e. The van der Waals surface area contributed by atoms with E-state index >= 15 is 0 Å². The molecule has 0 unspecified atom stereocenters. The first-order chi connectivity index (χ1) is 14.7. The van der Waals surface area contributed by atoms with Crippen LogP contribution in [0.1, 0.15) is 21.5 Å². The average molecular weight is 417 g/mol. The van der Waals surface area contributed by atoms with E-state index in [1.165, 1.54) is 11.8 Å². The third-order valence-electron chi connectivity index (χ3n) is 4.41. The molecule has 2 amide bonds. The number of thioether (sulfide) groups is 1. The number of aromatic nitrogens is 1. The Hall–Kier alpha value is -3.58. The van der Waals surface area contributed by atoms with Crippen molar-refractivity contribution in [3.05, 3.63) is 95.6 Å². The zero-order valence-electron chi connectivity index (χ0n) is 16.0. The van der Waals surface area contributed by atoms with Crippen molar-refractivity contribution in [2.24, 2.45) is 0 Å². The van der Waals surface area contributed by atoms with E-state index in [4.69, 9.17) is 4.42 Å². The highest BCUT2D eigenvalue weighted by molar-refractivity contribution is 7.98. The molecule has 6 nitrogen and oxygen atoms in total. The molecule has 150 valence electrons. The molecule has 0 aliphatic rings. The molecule has 0 saturated carbocycles. The van der Waals surface area contributed by atoms with Crippen LogP contribution in [-0.2, 0) is 17.0 Å². The minimum atomic E-state index is -0.370. The fraction of sp³-hybridized carbons (Fsp3) is 0.0870. The van der Waals surface area contributed by atoms with Crippen molar-refractivity contribution in [2.75, 3.05) is 0 Å². The zero-order valence-corrected chi connectivity index (χ0v) is 16.8. The van der Waals surface area contributed by atoms with Gasteiger partial charge in [-0.3, -0.25) is 20.4 Å². The molecule has 0 radical (unpaired) electrons. The summed E-state index contributed by atoms with van der Waals surface area (Å²) in [5.41, 5.74) is 8.67. The number of para-hydroxylation sites is 2. The monoisotopic (exact) mass is 417 g/mol. The highest BCUT2D eigenvalue weighted by Crippen LogP contribution is 2.27. The molecule has 0 bridgehead atoms. The van der Waals surface area contributed by atoms with E-state index < -0.39 is 0 Å². The Balaban J connectivity index is 1.37. The van der Waals surface area contributed by atoms with E-state index in [1.807, 2.05) is 66.7 Å². The number of nitrogens with one attached hydrogen (secondary N) is 2. The van der Waals surface area contributed by atoms with Gasteiger partial charge < -0.3 is 4.42 Å². The number of nitrogens with zero attached hydrogens (tertiary/aromatic N) is 1. The van der Waals surface area contributed by atoms with Gasteiger partial charge in [-0.15, -0.1) is 0 Å². The number of hydrazine groups is 1. The Labute approximate surface area is 177 Å². The third kappa shape index (κ3) is 4.87. The largest absolute Gasteiger partial charge is 0.431 e. The summed E-state index contributed by atoms with van der Waals surface area (Å²) < 4.78 is 5.72. The number of benzene rings is 3. The van der Waals surface area contributed by atoms with Gasteiger partial charge in [0.05, 0.1) is 6.42 Å². The third-order valence-corrected chi connectivity index (χ3v) is 5.29. The van der Waals surface area contributed by atoms with Gasteiger partial charge in [0.15, 0.2) is 5.58 Å². The lowest BCUT2D eigenvalue weighted by Gasteiger charge is -2.10. The minimum Gasteiger partial charge on any atom is -0.431 e. The molecule has 0 spiro atoms. The summed E-state index contributed by atoms with van der Waals surface area (Å²) in [5.74, 6) is -0.146. The molecule has 30 heavy (non-hydrogen) atoms. The van der Waals surface area contributed by atoms with E-state index in [9.17, 15) is 9.59 Å². The molecule has 0 saturated heterocycles. The SMILES string of the molecule is O=C(Cc1ccccc1)NNC(=O)c1ccccc1CSc1nc2ccccc2o1. The van der Waals surface area contributed by atoms with Crippen LogP contribution in [0, 0.1) is 0 Å². The van der Waals surface area contributed by atoms with Crippen LogP contribution < -0.4 is 10.9 Å². The first kappa shape index (κ1) is 19.7. The lowest BCUT2D eigenvalue weighted by atomic mass is 10.1. The van der Waals surface area contributed by atoms with E-state index in [-0.39, 0.29) is 18.2 Å². The van der Waals surface area contributed by atoms with Crippen LogP contribution in [0.5, 0.6) is 0 Å². The molecule has 4 aromatic rings. The Morgan fingerprint density at radius 2 is 1.60 bits per heavy atom. The highest BCUT2D eigenvalue weighted by Gasteiger charge is 2.14. The van der Waals surface area contributed by atoms with Gasteiger partial charge >= 0.3 is 0 Å². The summed E-state index contributed by atoms with van der Waals surface area (Å²) in [6.07, 6.45) is 0.191. The van der Waals surface area contributed by atoms with Crippen molar-refractivity contribution >= 4 is 34.7 Å². The molecule has 7 heteroatoms. The Morgan fingerprint density at radius 1 is 0.867 bits per heavy atom. The first-order valence-corrected chi connectivity index (χ1v) is 10.4. The molecular weight excluding hydrogens is 398 g/mol. The van der Waals surface area contributed by atoms with Gasteiger partial charge in [-0.2, -0.15) is 0 Å². The van der Waals surface area contributed by atoms with Crippen LogP contribution >= 0.6 is 11.8 Å². The number of carbonyl (C=O) groups is 2. The fourth-order valence-electron chi connectivity index (χ4n) is 2.94. The summed E-state index contributed by atoms with van der Waals surface area (Å²) in [6.45, 7) is 0. The van der Waals surface area contributed by atoms with Crippen molar-refractivity contribution in [1.29, 1.82) is 0 Å². The summed E-state index contributed by atoms with van der Waals surface area (Å²) >= 11 is 1.41. The number of fused-ring (bicyclic) bond motifs is 1. The van der Waals surface area contributed by atoms with Crippen molar-refractivity contribution < 1.29 is 14.0 Å². The maximum absolute atomic E-state index is 12.6. The van der Waals surface area contributed by atoms with Crippen LogP contribution in [0.3, 0.4) is 0 Å². The quantitative estimate of drug-likeness (QED) is 0.364. The van der Waals surface area contributed by atoms with Crippen LogP contribution in [-0.4, -0.2) is 16.8 Å². The fourth-order valence-corrected chi connectivity index (χ4v) is 3.78. The number of hydrogen-bond donors (Lipinski definition) is 2. The van der Waals surface area contributed by atoms with Gasteiger partial charge in [0, 0.05) is 11.3 Å². The van der Waals surface area contributed by atoms with E-state index in [1.54, 1.807) is 12.1 Å². The summed E-state index contributed by atoms with van der Waals surface area (Å²) in [6, 6.07) is 24.2. The smallest absolute Gasteiger partial charge is 0.269 e. The topological polar surface area (TPSA) is 84.2 Å². The Kier molecular flexibility index (Phi) is 6.10. The average Bonchev–Trinajstić information content (AvgIpc) is 3.20. The second kappa shape index (κ2) is 9.28. The first-order valence-electron chi connectivity index (χ1n) is 9.38. The van der Waals surface area contributed by atoms with Crippen LogP contribution in [0.15, 0.2) is 88.5 Å². The van der Waals surface area contributed by atoms with Gasteiger partial charge in [0.25, 0.3) is 11.1 Å². The second-order valence-corrected chi connectivity index (χ2v) is 7.48. The van der Waals surface area contributed by atoms with E-state index in [0.29, 0.717) is 16.5 Å². The minimum absolute atomic E-state index is 0.191. The van der Waals surface area contributed by atoms with Gasteiger partial charge in [-0.05, 0) is 29.3 Å². The molecule has 0 aliphatic carbocycles. The van der Waals surface area contributed by atoms with E-state index in [0.717, 1.165) is 22.2 Å². The molecule has 4 rings (SSSR count). The van der Waals surface area contributed by atoms with Crippen molar-refractivity contribution in [1.82, 2.24) is 15.8 Å². The number of hydrogen-bond acceptors (Lipinski definition) is 5. The number of carbonyl (C=O) groups excluding carboxylic acids is 2. The van der Waals surface area contributed by atoms with Crippen LogP contribution in [0.2, 0.25) is 0 Å². The van der Waals surface area contributed by atoms with Crippen LogP contribution in [0.4, 0.5) is 0 Å². The van der Waals surface area contributed by atoms with Crippen molar-refractivity contribution in [3.8, 4) is 0 Å². The van der Waals surface area contributed by atoms with Gasteiger partial charge in [0.2, 0.25) is 5.91 Å². The molecule has 0 atom stereocenters. The zero-order chi connectivity index (χ0) is 20.8. The van der Waals surface area contributed by atoms with Gasteiger partial charge in [-0.25, -0.2) is 4.98 Å². The number of rotatable bonds is 6. The number of oxazole rings is 1. The van der Waals surface area contributed by atoms with Crippen LogP contribution in [0.25, 0.3) is 11.1 Å². The molecule has 0 fully saturated rings. The maximum atomic E-state index is 12.6. The van der Waals surface area contributed by atoms with Gasteiger partial charge in [-0.1, -0.05) is 72.4 Å². The molecule has 3 aromatic carbocycles. The standard InChI is InChI=1S/C23H19N3O3S/c27-21(14-16-8-2-1-3-9-16)25-26-22(28)18-11-5-4-10-17(18)15-30-23-24-19-12-6-7-13-20(19)29-23/h1-13H,14-15H2,(H,25,27)(H,26,28). The summed E-state index contributed by atoms with van der Waals surface area (Å²) in [4.78, 5) is 29.1. The van der Waals surface area contributed by atoms with Gasteiger partial charge in [0.1, 0.15) is 5.52 Å². The molecule has 0 aliphatic heterocycles. The summed E-state index contributed by atoms with van der Waals surface area (Å²) in [7, 11) is 0. The Morgan fingerprint density at radius 3 is 2.43 bits per heavy atom.